The fourth-order valence-electron chi connectivity index (χ4n) is 3.66. The highest BCUT2D eigenvalue weighted by molar-refractivity contribution is 9.10. The maximum atomic E-state index is 12.8. The molecule has 1 aliphatic heterocycles. The van der Waals surface area contributed by atoms with Crippen molar-refractivity contribution in [2.75, 3.05) is 18.5 Å². The zero-order chi connectivity index (χ0) is 29.0. The number of rotatable bonds is 9. The molecule has 10 nitrogen and oxygen atoms in total. The Morgan fingerprint density at radius 2 is 1.70 bits per heavy atom. The Bertz CT molecular complexity index is 1550. The highest BCUT2D eigenvalue weighted by Gasteiger charge is 2.36. The number of halogens is 1. The van der Waals surface area contributed by atoms with Crippen LogP contribution < -0.4 is 10.1 Å². The molecule has 1 heterocycles. The number of non-ortho nitro benzene ring substituents is 1. The number of imide groups is 1. The van der Waals surface area contributed by atoms with Crippen molar-refractivity contribution in [1.29, 1.82) is 0 Å². The molecule has 3 aromatic rings. The van der Waals surface area contributed by atoms with Crippen molar-refractivity contribution in [3.63, 3.8) is 0 Å². The largest absolute Gasteiger partial charge is 0.484 e. The number of ketones is 1. The highest BCUT2D eigenvalue weighted by atomic mass is 79.9. The summed E-state index contributed by atoms with van der Waals surface area (Å²) in [6.07, 6.45) is 1.52. The molecular weight excluding hydrogens is 602 g/mol. The van der Waals surface area contributed by atoms with Gasteiger partial charge in [0.05, 0.1) is 22.1 Å². The lowest BCUT2D eigenvalue weighted by atomic mass is 10.1. The van der Waals surface area contributed by atoms with E-state index in [4.69, 9.17) is 4.74 Å². The van der Waals surface area contributed by atoms with Crippen LogP contribution in [0.2, 0.25) is 0 Å². The molecule has 1 aliphatic rings. The fraction of sp³-hybridized carbons (Fsp3) is 0.143. The normalized spacial score (nSPS) is 14.0. The van der Waals surface area contributed by atoms with Crippen LogP contribution in [0.4, 0.5) is 16.2 Å². The molecule has 204 valence electrons. The predicted octanol–water partition coefficient (Wildman–Crippen LogP) is 5.91. The average Bonchev–Trinajstić information content (AvgIpc) is 3.18. The molecule has 1 saturated heterocycles. The summed E-state index contributed by atoms with van der Waals surface area (Å²) in [4.78, 5) is 61.3. The van der Waals surface area contributed by atoms with Crippen LogP contribution in [-0.2, 0) is 9.59 Å². The summed E-state index contributed by atoms with van der Waals surface area (Å²) in [6.45, 7) is 3.25. The van der Waals surface area contributed by atoms with Gasteiger partial charge in [-0.15, -0.1) is 0 Å². The molecule has 0 aromatic heterocycles. The molecular formula is C28H22BrN3O7S. The van der Waals surface area contributed by atoms with Crippen molar-refractivity contribution in [3.05, 3.63) is 102 Å². The smallest absolute Gasteiger partial charge is 0.293 e. The molecule has 0 atom stereocenters. The van der Waals surface area contributed by atoms with Crippen LogP contribution in [0.3, 0.4) is 0 Å². The van der Waals surface area contributed by atoms with Gasteiger partial charge in [0.1, 0.15) is 5.75 Å². The number of aryl methyl sites for hydroxylation is 2. The van der Waals surface area contributed by atoms with Crippen LogP contribution in [0.15, 0.2) is 70.0 Å². The van der Waals surface area contributed by atoms with E-state index in [1.165, 1.54) is 30.3 Å². The van der Waals surface area contributed by atoms with Crippen LogP contribution in [0, 0.1) is 24.0 Å². The number of amides is 3. The summed E-state index contributed by atoms with van der Waals surface area (Å²) in [5.74, 6) is -1.02. The van der Waals surface area contributed by atoms with Crippen molar-refractivity contribution >= 4 is 68.0 Å². The first kappa shape index (κ1) is 28.7. The second-order valence-corrected chi connectivity index (χ2v) is 10.7. The van der Waals surface area contributed by atoms with Crippen molar-refractivity contribution in [2.24, 2.45) is 0 Å². The van der Waals surface area contributed by atoms with Gasteiger partial charge in [-0.1, -0.05) is 12.1 Å². The zero-order valence-electron chi connectivity index (χ0n) is 21.3. The second kappa shape index (κ2) is 12.3. The Morgan fingerprint density at radius 3 is 2.35 bits per heavy atom. The van der Waals surface area contributed by atoms with Crippen LogP contribution in [-0.4, -0.2) is 45.8 Å². The van der Waals surface area contributed by atoms with Gasteiger partial charge in [0.15, 0.2) is 12.4 Å². The molecule has 3 amide bonds. The molecule has 0 spiro atoms. The van der Waals surface area contributed by atoms with E-state index in [2.05, 4.69) is 21.2 Å². The minimum atomic E-state index is -0.611. The summed E-state index contributed by atoms with van der Waals surface area (Å²) < 4.78 is 6.33. The van der Waals surface area contributed by atoms with E-state index in [0.29, 0.717) is 28.8 Å². The van der Waals surface area contributed by atoms with E-state index in [0.717, 1.165) is 20.5 Å². The standard InChI is InChI=1S/C28H22BrN3O7S/c1-16-11-22(29)23(12-17(16)2)30-26(34)15-39-21-9-3-18(4-10-21)13-25-27(35)31(28(36)40-25)14-24(33)19-5-7-20(8-6-19)32(37)38/h3-13H,14-15H2,1-2H3,(H,30,34)/b25-13+. The van der Waals surface area contributed by atoms with Crippen LogP contribution in [0.25, 0.3) is 6.08 Å². The molecule has 0 radical (unpaired) electrons. The van der Waals surface area contributed by atoms with E-state index in [1.807, 2.05) is 26.0 Å². The summed E-state index contributed by atoms with van der Waals surface area (Å²) in [6, 6.07) is 15.3. The third-order valence-electron chi connectivity index (χ3n) is 5.98. The number of ether oxygens (including phenoxy) is 1. The number of nitrogens with one attached hydrogen (secondary N) is 1. The molecule has 0 aliphatic carbocycles. The summed E-state index contributed by atoms with van der Waals surface area (Å²) in [5, 5.41) is 13.0. The molecule has 1 N–H and O–H groups in total. The molecule has 0 unspecified atom stereocenters. The number of nitro benzene ring substituents is 1. The van der Waals surface area contributed by atoms with Gasteiger partial charge >= 0.3 is 0 Å². The van der Waals surface area contributed by atoms with Crippen LogP contribution >= 0.6 is 27.7 Å². The predicted molar refractivity (Wildman–Crippen MR) is 154 cm³/mol. The lowest BCUT2D eigenvalue weighted by molar-refractivity contribution is -0.384. The topological polar surface area (TPSA) is 136 Å². The number of hydrogen-bond acceptors (Lipinski definition) is 8. The second-order valence-electron chi connectivity index (χ2n) is 8.82. The maximum Gasteiger partial charge on any atom is 0.293 e. The lowest BCUT2D eigenvalue weighted by Gasteiger charge is -2.11. The van der Waals surface area contributed by atoms with Gasteiger partial charge < -0.3 is 10.1 Å². The number of hydrogen-bond donors (Lipinski definition) is 1. The summed E-state index contributed by atoms with van der Waals surface area (Å²) in [7, 11) is 0. The monoisotopic (exact) mass is 623 g/mol. The van der Waals surface area contributed by atoms with Crippen molar-refractivity contribution in [2.45, 2.75) is 13.8 Å². The SMILES string of the molecule is Cc1cc(Br)c(NC(=O)COc2ccc(/C=C3/SC(=O)N(CC(=O)c4ccc([N+](=O)[O-])cc4)C3=O)cc2)cc1C. The summed E-state index contributed by atoms with van der Waals surface area (Å²) in [5.41, 5.74) is 3.39. The van der Waals surface area contributed by atoms with E-state index in [-0.39, 0.29) is 28.7 Å². The van der Waals surface area contributed by atoms with E-state index >= 15 is 0 Å². The minimum absolute atomic E-state index is 0.147. The van der Waals surface area contributed by atoms with Crippen molar-refractivity contribution < 1.29 is 28.8 Å². The zero-order valence-corrected chi connectivity index (χ0v) is 23.7. The molecule has 1 fully saturated rings. The number of carbonyl (C=O) groups is 4. The molecule has 3 aromatic carbocycles. The Labute approximate surface area is 241 Å². The van der Waals surface area contributed by atoms with Gasteiger partial charge in [-0.05, 0) is 101 Å². The fourth-order valence-corrected chi connectivity index (χ4v) is 5.06. The third kappa shape index (κ3) is 6.82. The highest BCUT2D eigenvalue weighted by Crippen LogP contribution is 2.33. The number of benzene rings is 3. The van der Waals surface area contributed by atoms with Gasteiger partial charge in [0.25, 0.3) is 22.7 Å². The maximum absolute atomic E-state index is 12.8. The Kier molecular flexibility index (Phi) is 8.80. The number of Topliss-reactive ketones (excluding diaryl/α,β-unsaturated/α-hetero) is 1. The van der Waals surface area contributed by atoms with Gasteiger partial charge in [-0.3, -0.25) is 34.2 Å². The molecule has 4 rings (SSSR count). The minimum Gasteiger partial charge on any atom is -0.484 e. The first-order chi connectivity index (χ1) is 19.0. The van der Waals surface area contributed by atoms with E-state index in [9.17, 15) is 29.3 Å². The third-order valence-corrected chi connectivity index (χ3v) is 7.54. The number of anilines is 1. The van der Waals surface area contributed by atoms with E-state index in [1.54, 1.807) is 24.3 Å². The Hall–Kier alpha value is -4.29. The van der Waals surface area contributed by atoms with E-state index < -0.39 is 28.4 Å². The first-order valence-electron chi connectivity index (χ1n) is 11.8. The molecule has 12 heteroatoms. The number of thioether (sulfide) groups is 1. The van der Waals surface area contributed by atoms with Crippen molar-refractivity contribution in [1.82, 2.24) is 4.90 Å². The van der Waals surface area contributed by atoms with Crippen LogP contribution in [0.1, 0.15) is 27.0 Å². The quantitative estimate of drug-likeness (QED) is 0.134. The van der Waals surface area contributed by atoms with Gasteiger partial charge in [-0.2, -0.15) is 0 Å². The molecule has 40 heavy (non-hydrogen) atoms. The molecule has 0 bridgehead atoms. The van der Waals surface area contributed by atoms with Gasteiger partial charge in [-0.25, -0.2) is 0 Å². The summed E-state index contributed by atoms with van der Waals surface area (Å²) >= 11 is 4.15. The van der Waals surface area contributed by atoms with Gasteiger partial charge in [0.2, 0.25) is 0 Å². The first-order valence-corrected chi connectivity index (χ1v) is 13.5. The Balaban J connectivity index is 1.33. The van der Waals surface area contributed by atoms with Crippen LogP contribution in [0.5, 0.6) is 5.75 Å². The lowest BCUT2D eigenvalue weighted by Crippen LogP contribution is -2.33. The average molecular weight is 624 g/mol. The Morgan fingerprint density at radius 1 is 1.05 bits per heavy atom. The van der Waals surface area contributed by atoms with Crippen molar-refractivity contribution in [3.8, 4) is 5.75 Å². The van der Waals surface area contributed by atoms with Gasteiger partial charge in [0, 0.05) is 22.2 Å². The number of nitrogens with zero attached hydrogens (tertiary/aromatic N) is 2. The number of nitro groups is 1. The molecule has 0 saturated carbocycles. The number of carbonyl (C=O) groups excluding carboxylic acids is 4.